The molecule has 9 heteroatoms. The van der Waals surface area contributed by atoms with Gasteiger partial charge in [0.2, 0.25) is 0 Å². The zero-order valence-electron chi connectivity index (χ0n) is 17.0. The van der Waals surface area contributed by atoms with Gasteiger partial charge in [-0.3, -0.25) is 9.78 Å². The lowest BCUT2D eigenvalue weighted by molar-refractivity contribution is 0.102. The number of amides is 1. The second kappa shape index (κ2) is 9.96. The highest BCUT2D eigenvalue weighted by Crippen LogP contribution is 2.22. The van der Waals surface area contributed by atoms with Gasteiger partial charge in [0, 0.05) is 37.4 Å². The minimum atomic E-state index is -0.439. The highest BCUT2D eigenvalue weighted by atomic mass is 16.5. The summed E-state index contributed by atoms with van der Waals surface area (Å²) >= 11 is 0. The molecule has 4 rings (SSSR count). The minimum Gasteiger partial charge on any atom is -0.494 e. The maximum absolute atomic E-state index is 12.6. The van der Waals surface area contributed by atoms with Gasteiger partial charge in [0.05, 0.1) is 30.4 Å². The Morgan fingerprint density at radius 1 is 1.19 bits per heavy atom. The van der Waals surface area contributed by atoms with E-state index in [-0.39, 0.29) is 11.5 Å². The molecule has 1 amide bonds. The van der Waals surface area contributed by atoms with E-state index in [4.69, 9.17) is 10.5 Å². The van der Waals surface area contributed by atoms with E-state index in [1.165, 1.54) is 0 Å². The van der Waals surface area contributed by atoms with Crippen molar-refractivity contribution < 1.29 is 9.53 Å². The van der Waals surface area contributed by atoms with E-state index in [0.717, 1.165) is 37.4 Å². The Morgan fingerprint density at radius 3 is 2.81 bits per heavy atom. The van der Waals surface area contributed by atoms with Gasteiger partial charge in [-0.1, -0.05) is 0 Å². The molecular weight excluding hydrogens is 394 g/mol. The molecule has 0 spiro atoms. The van der Waals surface area contributed by atoms with Crippen LogP contribution in [0.4, 0.5) is 11.5 Å². The molecule has 1 aliphatic rings. The number of nitrogens with one attached hydrogen (secondary N) is 3. The standard InChI is InChI=1S/C22H25N7O2/c23-21-20(22(30)28-17-2-1-8-24-13-17)29-19(14-27-21)15-3-5-18(6-4-15)31-11-7-16-12-25-9-10-26-16/h1-6,8,13-14,16,25-26H,7,9-12H2,(H2,23,27)(H,28,30). The minimum absolute atomic E-state index is 0.0651. The Labute approximate surface area is 180 Å². The van der Waals surface area contributed by atoms with Gasteiger partial charge in [-0.25, -0.2) is 9.97 Å². The first-order chi connectivity index (χ1) is 15.2. The van der Waals surface area contributed by atoms with Crippen LogP contribution >= 0.6 is 0 Å². The second-order valence-corrected chi connectivity index (χ2v) is 7.20. The number of anilines is 2. The van der Waals surface area contributed by atoms with Gasteiger partial charge >= 0.3 is 0 Å². The summed E-state index contributed by atoms with van der Waals surface area (Å²) in [6, 6.07) is 11.4. The first-order valence-electron chi connectivity index (χ1n) is 10.2. The summed E-state index contributed by atoms with van der Waals surface area (Å²) in [7, 11) is 0. The van der Waals surface area contributed by atoms with Crippen LogP contribution in [0, 0.1) is 0 Å². The molecule has 160 valence electrons. The van der Waals surface area contributed by atoms with E-state index < -0.39 is 5.91 Å². The van der Waals surface area contributed by atoms with Crippen LogP contribution in [0.3, 0.4) is 0 Å². The number of rotatable bonds is 7. The Morgan fingerprint density at radius 2 is 2.06 bits per heavy atom. The number of hydrogen-bond acceptors (Lipinski definition) is 8. The molecule has 1 fully saturated rings. The summed E-state index contributed by atoms with van der Waals surface area (Å²) in [6.45, 7) is 3.61. The third kappa shape index (κ3) is 5.53. The molecule has 1 unspecified atom stereocenters. The molecular formula is C22H25N7O2. The van der Waals surface area contributed by atoms with Crippen molar-refractivity contribution in [2.75, 3.05) is 37.3 Å². The lowest BCUT2D eigenvalue weighted by Gasteiger charge is -2.24. The van der Waals surface area contributed by atoms with Crippen molar-refractivity contribution in [3.8, 4) is 17.0 Å². The molecule has 0 radical (unpaired) electrons. The van der Waals surface area contributed by atoms with Gasteiger partial charge in [-0.15, -0.1) is 0 Å². The SMILES string of the molecule is Nc1ncc(-c2ccc(OCCC3CNCCN3)cc2)nc1C(=O)Nc1cccnc1. The fraction of sp³-hybridized carbons (Fsp3) is 0.273. The molecule has 3 heterocycles. The zero-order chi connectivity index (χ0) is 21.5. The van der Waals surface area contributed by atoms with Crippen LogP contribution in [0.25, 0.3) is 11.3 Å². The highest BCUT2D eigenvalue weighted by Gasteiger charge is 2.15. The second-order valence-electron chi connectivity index (χ2n) is 7.20. The number of nitrogens with zero attached hydrogens (tertiary/aromatic N) is 3. The van der Waals surface area contributed by atoms with Crippen molar-refractivity contribution in [1.29, 1.82) is 0 Å². The van der Waals surface area contributed by atoms with Crippen LogP contribution in [-0.4, -0.2) is 53.1 Å². The number of hydrogen-bond donors (Lipinski definition) is 4. The molecule has 1 atom stereocenters. The Bertz CT molecular complexity index is 1010. The van der Waals surface area contributed by atoms with Crippen LogP contribution in [0.2, 0.25) is 0 Å². The van der Waals surface area contributed by atoms with Crippen LogP contribution in [0.5, 0.6) is 5.75 Å². The van der Waals surface area contributed by atoms with E-state index in [1.807, 2.05) is 24.3 Å². The molecule has 1 aromatic carbocycles. The number of ether oxygens (including phenoxy) is 1. The molecule has 5 N–H and O–H groups in total. The maximum atomic E-state index is 12.6. The zero-order valence-corrected chi connectivity index (χ0v) is 17.0. The quantitative estimate of drug-likeness (QED) is 0.456. The Balaban J connectivity index is 1.39. The summed E-state index contributed by atoms with van der Waals surface area (Å²) in [5.41, 5.74) is 7.87. The fourth-order valence-corrected chi connectivity index (χ4v) is 3.29. The summed E-state index contributed by atoms with van der Waals surface area (Å²) < 4.78 is 5.85. The highest BCUT2D eigenvalue weighted by molar-refractivity contribution is 6.05. The molecule has 3 aromatic rings. The summed E-state index contributed by atoms with van der Waals surface area (Å²) in [5, 5.41) is 9.56. The fourth-order valence-electron chi connectivity index (χ4n) is 3.29. The van der Waals surface area contributed by atoms with Gasteiger partial charge in [-0.2, -0.15) is 0 Å². The molecule has 1 saturated heterocycles. The van der Waals surface area contributed by atoms with Gasteiger partial charge in [-0.05, 0) is 42.8 Å². The van der Waals surface area contributed by atoms with Crippen LogP contribution in [-0.2, 0) is 0 Å². The molecule has 31 heavy (non-hydrogen) atoms. The number of nitrogen functional groups attached to an aromatic ring is 1. The summed E-state index contributed by atoms with van der Waals surface area (Å²) in [6.07, 6.45) is 5.66. The largest absolute Gasteiger partial charge is 0.494 e. The van der Waals surface area contributed by atoms with E-state index in [1.54, 1.807) is 30.7 Å². The monoisotopic (exact) mass is 419 g/mol. The molecule has 2 aromatic heterocycles. The number of nitrogens with two attached hydrogens (primary N) is 1. The van der Waals surface area contributed by atoms with Gasteiger partial charge in [0.25, 0.3) is 5.91 Å². The normalized spacial score (nSPS) is 15.9. The Kier molecular flexibility index (Phi) is 6.65. The summed E-state index contributed by atoms with van der Waals surface area (Å²) in [4.78, 5) is 25.1. The average Bonchev–Trinajstić information content (AvgIpc) is 2.81. The first-order valence-corrected chi connectivity index (χ1v) is 10.2. The average molecular weight is 419 g/mol. The first kappa shape index (κ1) is 20.7. The van der Waals surface area contributed by atoms with E-state index in [9.17, 15) is 4.79 Å². The van der Waals surface area contributed by atoms with Crippen molar-refractivity contribution in [1.82, 2.24) is 25.6 Å². The number of benzene rings is 1. The van der Waals surface area contributed by atoms with Crippen molar-refractivity contribution >= 4 is 17.4 Å². The number of piperazine rings is 1. The van der Waals surface area contributed by atoms with Crippen LogP contribution < -0.4 is 26.4 Å². The molecule has 0 bridgehead atoms. The van der Waals surface area contributed by atoms with Crippen LogP contribution in [0.1, 0.15) is 16.9 Å². The van der Waals surface area contributed by atoms with Crippen molar-refractivity contribution in [2.24, 2.45) is 0 Å². The maximum Gasteiger partial charge on any atom is 0.278 e. The summed E-state index contributed by atoms with van der Waals surface area (Å²) in [5.74, 6) is 0.409. The van der Waals surface area contributed by atoms with E-state index in [2.05, 4.69) is 30.9 Å². The predicted octanol–water partition coefficient (Wildman–Crippen LogP) is 1.70. The third-order valence-electron chi connectivity index (χ3n) is 4.95. The number of aromatic nitrogens is 3. The smallest absolute Gasteiger partial charge is 0.278 e. The van der Waals surface area contributed by atoms with Crippen LogP contribution in [0.15, 0.2) is 55.0 Å². The molecule has 9 nitrogen and oxygen atoms in total. The number of pyridine rings is 1. The number of carbonyl (C=O) groups is 1. The topological polar surface area (TPSA) is 127 Å². The number of carbonyl (C=O) groups excluding carboxylic acids is 1. The Hall–Kier alpha value is -3.56. The lowest BCUT2D eigenvalue weighted by Crippen LogP contribution is -2.48. The third-order valence-corrected chi connectivity index (χ3v) is 4.95. The lowest BCUT2D eigenvalue weighted by atomic mass is 10.1. The van der Waals surface area contributed by atoms with E-state index >= 15 is 0 Å². The van der Waals surface area contributed by atoms with E-state index in [0.29, 0.717) is 24.0 Å². The van der Waals surface area contributed by atoms with Gasteiger partial charge in [0.15, 0.2) is 11.5 Å². The predicted molar refractivity (Wildman–Crippen MR) is 119 cm³/mol. The van der Waals surface area contributed by atoms with Gasteiger partial charge < -0.3 is 26.4 Å². The van der Waals surface area contributed by atoms with Crippen molar-refractivity contribution in [3.63, 3.8) is 0 Å². The van der Waals surface area contributed by atoms with Gasteiger partial charge in [0.1, 0.15) is 5.75 Å². The van der Waals surface area contributed by atoms with Crippen molar-refractivity contribution in [2.45, 2.75) is 12.5 Å². The molecule has 0 aliphatic carbocycles. The van der Waals surface area contributed by atoms with Crippen molar-refractivity contribution in [3.05, 3.63) is 60.7 Å². The molecule has 1 aliphatic heterocycles. The molecule has 0 saturated carbocycles.